The lowest BCUT2D eigenvalue weighted by atomic mass is 9.94. The Hall–Kier alpha value is -1.43. The molecule has 2 N–H and O–H groups in total. The maximum Gasteiger partial charge on any atom is 0.237 e. The first-order valence-corrected chi connectivity index (χ1v) is 9.05. The van der Waals surface area contributed by atoms with Gasteiger partial charge in [-0.25, -0.2) is 0 Å². The molecular formula is C19H28N2O3. The van der Waals surface area contributed by atoms with Crippen molar-refractivity contribution in [2.45, 2.75) is 44.4 Å². The molecule has 2 atom stereocenters. The SMILES string of the molecule is O=C(NCC(O)C1CCOCC1)C1CCCN1Cc1ccccc1. The second-order valence-corrected chi connectivity index (χ2v) is 6.88. The monoisotopic (exact) mass is 332 g/mol. The minimum absolute atomic E-state index is 0.0505. The van der Waals surface area contributed by atoms with E-state index in [1.807, 2.05) is 18.2 Å². The van der Waals surface area contributed by atoms with Crippen molar-refractivity contribution in [2.75, 3.05) is 26.3 Å². The average molecular weight is 332 g/mol. The Labute approximate surface area is 144 Å². The van der Waals surface area contributed by atoms with E-state index < -0.39 is 6.10 Å². The van der Waals surface area contributed by atoms with Gasteiger partial charge in [-0.05, 0) is 43.7 Å². The number of hydrogen-bond acceptors (Lipinski definition) is 4. The van der Waals surface area contributed by atoms with Gasteiger partial charge in [-0.2, -0.15) is 0 Å². The van der Waals surface area contributed by atoms with E-state index in [1.54, 1.807) is 0 Å². The number of hydrogen-bond donors (Lipinski definition) is 2. The standard InChI is InChI=1S/C19H28N2O3/c22-18(16-8-11-24-12-9-16)13-20-19(23)17-7-4-10-21(17)14-15-5-2-1-3-6-15/h1-3,5-6,16-18,22H,4,7-14H2,(H,20,23). The Balaban J connectivity index is 1.48. The zero-order valence-electron chi connectivity index (χ0n) is 14.2. The highest BCUT2D eigenvalue weighted by molar-refractivity contribution is 5.82. The van der Waals surface area contributed by atoms with Gasteiger partial charge in [0.15, 0.2) is 0 Å². The number of nitrogens with zero attached hydrogens (tertiary/aromatic N) is 1. The molecule has 1 amide bonds. The quantitative estimate of drug-likeness (QED) is 0.830. The first kappa shape index (κ1) is 17.4. The summed E-state index contributed by atoms with van der Waals surface area (Å²) in [5.74, 6) is 0.289. The van der Waals surface area contributed by atoms with E-state index in [2.05, 4.69) is 22.3 Å². The van der Waals surface area contributed by atoms with Crippen molar-refractivity contribution in [1.29, 1.82) is 0 Å². The lowest BCUT2D eigenvalue weighted by Gasteiger charge is -2.28. The molecule has 1 aromatic rings. The molecule has 0 aromatic heterocycles. The van der Waals surface area contributed by atoms with Crippen LogP contribution in [0.3, 0.4) is 0 Å². The predicted molar refractivity (Wildman–Crippen MR) is 92.4 cm³/mol. The topological polar surface area (TPSA) is 61.8 Å². The molecule has 5 nitrogen and oxygen atoms in total. The van der Waals surface area contributed by atoms with Crippen LogP contribution in [0.1, 0.15) is 31.2 Å². The summed E-state index contributed by atoms with van der Waals surface area (Å²) < 4.78 is 5.32. The molecule has 2 fully saturated rings. The van der Waals surface area contributed by atoms with Crippen LogP contribution < -0.4 is 5.32 Å². The number of likely N-dealkylation sites (tertiary alicyclic amines) is 1. The second kappa shape index (κ2) is 8.60. The van der Waals surface area contributed by atoms with E-state index in [-0.39, 0.29) is 17.9 Å². The van der Waals surface area contributed by atoms with Gasteiger partial charge in [0.25, 0.3) is 0 Å². The van der Waals surface area contributed by atoms with E-state index in [4.69, 9.17) is 4.74 Å². The fraction of sp³-hybridized carbons (Fsp3) is 0.632. The van der Waals surface area contributed by atoms with E-state index in [1.165, 1.54) is 5.56 Å². The normalized spacial score (nSPS) is 24.0. The molecular weight excluding hydrogens is 304 g/mol. The molecule has 132 valence electrons. The molecule has 0 spiro atoms. The van der Waals surface area contributed by atoms with Gasteiger partial charge in [-0.1, -0.05) is 30.3 Å². The van der Waals surface area contributed by atoms with Crippen LogP contribution in [0.5, 0.6) is 0 Å². The molecule has 2 saturated heterocycles. The third-order valence-electron chi connectivity index (χ3n) is 5.19. The van der Waals surface area contributed by atoms with Crippen molar-refractivity contribution in [1.82, 2.24) is 10.2 Å². The molecule has 24 heavy (non-hydrogen) atoms. The predicted octanol–water partition coefficient (Wildman–Crippen LogP) is 1.55. The van der Waals surface area contributed by atoms with Crippen LogP contribution in [0, 0.1) is 5.92 Å². The summed E-state index contributed by atoms with van der Waals surface area (Å²) in [7, 11) is 0. The van der Waals surface area contributed by atoms with Gasteiger partial charge in [0.1, 0.15) is 0 Å². The Bertz CT molecular complexity index is 517. The van der Waals surface area contributed by atoms with Gasteiger partial charge < -0.3 is 15.2 Å². The van der Waals surface area contributed by atoms with Crippen molar-refractivity contribution in [3.8, 4) is 0 Å². The zero-order valence-corrected chi connectivity index (χ0v) is 14.2. The summed E-state index contributed by atoms with van der Waals surface area (Å²) >= 11 is 0. The van der Waals surface area contributed by atoms with Crippen molar-refractivity contribution >= 4 is 5.91 Å². The fourth-order valence-corrected chi connectivity index (χ4v) is 3.72. The highest BCUT2D eigenvalue weighted by Crippen LogP contribution is 2.21. The van der Waals surface area contributed by atoms with Crippen molar-refractivity contribution < 1.29 is 14.6 Å². The van der Waals surface area contributed by atoms with Gasteiger partial charge in [0.05, 0.1) is 12.1 Å². The molecule has 2 heterocycles. The van der Waals surface area contributed by atoms with E-state index >= 15 is 0 Å². The van der Waals surface area contributed by atoms with Gasteiger partial charge >= 0.3 is 0 Å². The van der Waals surface area contributed by atoms with E-state index in [9.17, 15) is 9.90 Å². The van der Waals surface area contributed by atoms with Crippen molar-refractivity contribution in [3.63, 3.8) is 0 Å². The van der Waals surface area contributed by atoms with Crippen LogP contribution in [-0.4, -0.2) is 54.4 Å². The van der Waals surface area contributed by atoms with Crippen LogP contribution >= 0.6 is 0 Å². The summed E-state index contributed by atoms with van der Waals surface area (Å²) in [5.41, 5.74) is 1.24. The first-order valence-electron chi connectivity index (χ1n) is 9.05. The number of amides is 1. The summed E-state index contributed by atoms with van der Waals surface area (Å²) in [4.78, 5) is 14.8. The number of aliphatic hydroxyl groups is 1. The van der Waals surface area contributed by atoms with Crippen molar-refractivity contribution in [3.05, 3.63) is 35.9 Å². The highest BCUT2D eigenvalue weighted by Gasteiger charge is 2.31. The first-order chi connectivity index (χ1) is 11.7. The minimum atomic E-state index is -0.471. The molecule has 2 unspecified atom stereocenters. The molecule has 1 aromatic carbocycles. The Morgan fingerprint density at radius 2 is 2.00 bits per heavy atom. The van der Waals surface area contributed by atoms with E-state index in [0.717, 1.165) is 38.8 Å². The van der Waals surface area contributed by atoms with Crippen LogP contribution in [0.2, 0.25) is 0 Å². The summed E-state index contributed by atoms with van der Waals surface area (Å²) in [6, 6.07) is 10.2. The maximum atomic E-state index is 12.5. The largest absolute Gasteiger partial charge is 0.391 e. The number of benzene rings is 1. The molecule has 2 aliphatic rings. The lowest BCUT2D eigenvalue weighted by molar-refractivity contribution is -0.126. The third kappa shape index (κ3) is 4.56. The summed E-state index contributed by atoms with van der Waals surface area (Å²) in [6.07, 6.45) is 3.22. The van der Waals surface area contributed by atoms with Crippen LogP contribution in [0.4, 0.5) is 0 Å². The van der Waals surface area contributed by atoms with Gasteiger partial charge in [0, 0.05) is 26.3 Å². The van der Waals surface area contributed by atoms with Crippen molar-refractivity contribution in [2.24, 2.45) is 5.92 Å². The molecule has 0 bridgehead atoms. The number of carbonyl (C=O) groups excluding carboxylic acids is 1. The zero-order chi connectivity index (χ0) is 16.8. The van der Waals surface area contributed by atoms with Gasteiger partial charge in [-0.3, -0.25) is 9.69 Å². The third-order valence-corrected chi connectivity index (χ3v) is 5.19. The molecule has 3 rings (SSSR count). The Morgan fingerprint density at radius 3 is 2.75 bits per heavy atom. The summed E-state index contributed by atoms with van der Waals surface area (Å²) in [6.45, 7) is 3.53. The maximum absolute atomic E-state index is 12.5. The second-order valence-electron chi connectivity index (χ2n) is 6.88. The fourth-order valence-electron chi connectivity index (χ4n) is 3.72. The Morgan fingerprint density at radius 1 is 1.25 bits per heavy atom. The lowest BCUT2D eigenvalue weighted by Crippen LogP contribution is -2.46. The van der Waals surface area contributed by atoms with Crippen LogP contribution in [-0.2, 0) is 16.1 Å². The molecule has 5 heteroatoms. The van der Waals surface area contributed by atoms with Crippen LogP contribution in [0.15, 0.2) is 30.3 Å². The van der Waals surface area contributed by atoms with Crippen LogP contribution in [0.25, 0.3) is 0 Å². The minimum Gasteiger partial charge on any atom is -0.391 e. The number of ether oxygens (including phenoxy) is 1. The Kier molecular flexibility index (Phi) is 6.24. The van der Waals surface area contributed by atoms with Gasteiger partial charge in [-0.15, -0.1) is 0 Å². The van der Waals surface area contributed by atoms with E-state index in [0.29, 0.717) is 19.8 Å². The number of carbonyl (C=O) groups is 1. The number of aliphatic hydroxyl groups excluding tert-OH is 1. The molecule has 2 aliphatic heterocycles. The smallest absolute Gasteiger partial charge is 0.237 e. The highest BCUT2D eigenvalue weighted by atomic mass is 16.5. The number of nitrogens with one attached hydrogen (secondary N) is 1. The van der Waals surface area contributed by atoms with Gasteiger partial charge in [0.2, 0.25) is 5.91 Å². The molecule has 0 saturated carbocycles. The molecule has 0 radical (unpaired) electrons. The average Bonchev–Trinajstić information content (AvgIpc) is 3.09. The number of rotatable bonds is 6. The summed E-state index contributed by atoms with van der Waals surface area (Å²) in [5, 5.41) is 13.2. The molecule has 0 aliphatic carbocycles.